The van der Waals surface area contributed by atoms with Gasteiger partial charge in [0.1, 0.15) is 6.42 Å². The molecule has 0 radical (unpaired) electrons. The number of hydrogen-bond acceptors (Lipinski definition) is 2. The molecule has 0 bridgehead atoms. The zero-order chi connectivity index (χ0) is 8.10. The van der Waals surface area contributed by atoms with Crippen LogP contribution >= 0.6 is 0 Å². The van der Waals surface area contributed by atoms with Crippen LogP contribution in [0.25, 0.3) is 0 Å². The van der Waals surface area contributed by atoms with Crippen LogP contribution in [0, 0.1) is 11.8 Å². The minimum Gasteiger partial charge on any atom is -0.481 e. The molecule has 0 spiro atoms. The SMILES string of the molecule is O=C(O)CC#Cc1ccco1. The van der Waals surface area contributed by atoms with Crippen LogP contribution in [0.2, 0.25) is 0 Å². The van der Waals surface area contributed by atoms with Gasteiger partial charge in [-0.25, -0.2) is 0 Å². The van der Waals surface area contributed by atoms with Crippen molar-refractivity contribution in [2.75, 3.05) is 0 Å². The highest BCUT2D eigenvalue weighted by Gasteiger charge is 1.89. The molecule has 0 fully saturated rings. The molecule has 1 N–H and O–H groups in total. The van der Waals surface area contributed by atoms with Crippen LogP contribution < -0.4 is 0 Å². The highest BCUT2D eigenvalue weighted by molar-refractivity contribution is 5.70. The van der Waals surface area contributed by atoms with Crippen molar-refractivity contribution in [1.82, 2.24) is 0 Å². The molecule has 0 aliphatic carbocycles. The Balaban J connectivity index is 2.52. The van der Waals surface area contributed by atoms with E-state index in [9.17, 15) is 4.79 Å². The number of furan rings is 1. The van der Waals surface area contributed by atoms with Gasteiger partial charge in [-0.1, -0.05) is 5.92 Å². The molecule has 11 heavy (non-hydrogen) atoms. The van der Waals surface area contributed by atoms with E-state index in [-0.39, 0.29) is 6.42 Å². The lowest BCUT2D eigenvalue weighted by Crippen LogP contribution is -1.89. The van der Waals surface area contributed by atoms with Gasteiger partial charge in [-0.3, -0.25) is 4.79 Å². The predicted molar refractivity (Wildman–Crippen MR) is 37.8 cm³/mol. The van der Waals surface area contributed by atoms with Gasteiger partial charge >= 0.3 is 5.97 Å². The Morgan fingerprint density at radius 2 is 2.55 bits per heavy atom. The maximum Gasteiger partial charge on any atom is 0.315 e. The molecule has 3 heteroatoms. The molecule has 0 saturated carbocycles. The average Bonchev–Trinajstić information content (AvgIpc) is 2.39. The van der Waals surface area contributed by atoms with Crippen LogP contribution in [0.4, 0.5) is 0 Å². The molecule has 56 valence electrons. The Morgan fingerprint density at radius 3 is 3.09 bits per heavy atom. The molecule has 0 amide bonds. The van der Waals surface area contributed by atoms with E-state index < -0.39 is 5.97 Å². The Morgan fingerprint density at radius 1 is 1.73 bits per heavy atom. The first-order valence-corrected chi connectivity index (χ1v) is 3.03. The molecular weight excluding hydrogens is 144 g/mol. The second kappa shape index (κ2) is 3.47. The molecular formula is C8H6O3. The molecule has 1 aromatic heterocycles. The average molecular weight is 150 g/mol. The number of rotatable bonds is 1. The molecule has 1 aromatic rings. The summed E-state index contributed by atoms with van der Waals surface area (Å²) >= 11 is 0. The van der Waals surface area contributed by atoms with E-state index in [1.807, 2.05) is 0 Å². The lowest BCUT2D eigenvalue weighted by Gasteiger charge is -1.77. The Bertz CT molecular complexity index is 287. The summed E-state index contributed by atoms with van der Waals surface area (Å²) < 4.78 is 4.85. The third kappa shape index (κ3) is 2.59. The summed E-state index contributed by atoms with van der Waals surface area (Å²) in [6, 6.07) is 3.37. The standard InChI is InChI=1S/C8H6O3/c9-8(10)5-1-3-7-4-2-6-11-7/h2,4,6H,5H2,(H,9,10). The first-order chi connectivity index (χ1) is 5.29. The third-order valence-electron chi connectivity index (χ3n) is 0.972. The van der Waals surface area contributed by atoms with Gasteiger partial charge in [0.15, 0.2) is 5.76 Å². The first kappa shape index (κ1) is 7.42. The van der Waals surface area contributed by atoms with Crippen molar-refractivity contribution < 1.29 is 14.3 Å². The van der Waals surface area contributed by atoms with Gasteiger partial charge in [0, 0.05) is 0 Å². The molecule has 0 aliphatic rings. The van der Waals surface area contributed by atoms with Crippen LogP contribution in [0.5, 0.6) is 0 Å². The summed E-state index contributed by atoms with van der Waals surface area (Å²) in [5, 5.41) is 8.21. The van der Waals surface area contributed by atoms with E-state index in [1.165, 1.54) is 6.26 Å². The number of aliphatic carboxylic acids is 1. The summed E-state index contributed by atoms with van der Waals surface area (Å²) in [6.07, 6.45) is 1.34. The molecule has 1 rings (SSSR count). The van der Waals surface area contributed by atoms with Gasteiger partial charge in [-0.05, 0) is 18.1 Å². The van der Waals surface area contributed by atoms with Crippen LogP contribution in [0.3, 0.4) is 0 Å². The largest absolute Gasteiger partial charge is 0.481 e. The molecule has 0 atom stereocenters. The minimum atomic E-state index is -0.927. The van der Waals surface area contributed by atoms with Gasteiger partial charge in [0.05, 0.1) is 6.26 Å². The van der Waals surface area contributed by atoms with E-state index in [2.05, 4.69) is 11.8 Å². The topological polar surface area (TPSA) is 50.4 Å². The van der Waals surface area contributed by atoms with E-state index in [0.29, 0.717) is 5.76 Å². The maximum absolute atomic E-state index is 9.99. The van der Waals surface area contributed by atoms with Gasteiger partial charge in [0.2, 0.25) is 0 Å². The van der Waals surface area contributed by atoms with Crippen LogP contribution in [0.15, 0.2) is 22.8 Å². The lowest BCUT2D eigenvalue weighted by atomic mass is 10.4. The zero-order valence-corrected chi connectivity index (χ0v) is 5.70. The second-order valence-corrected chi connectivity index (χ2v) is 1.85. The highest BCUT2D eigenvalue weighted by atomic mass is 16.4. The third-order valence-corrected chi connectivity index (χ3v) is 0.972. The number of carboxylic acids is 1. The fourth-order valence-electron chi connectivity index (χ4n) is 0.557. The van der Waals surface area contributed by atoms with Crippen molar-refractivity contribution in [2.45, 2.75) is 6.42 Å². The van der Waals surface area contributed by atoms with Crippen molar-refractivity contribution in [3.8, 4) is 11.8 Å². The first-order valence-electron chi connectivity index (χ1n) is 3.03. The van der Waals surface area contributed by atoms with Crippen molar-refractivity contribution in [3.63, 3.8) is 0 Å². The maximum atomic E-state index is 9.99. The number of hydrogen-bond donors (Lipinski definition) is 1. The minimum absolute atomic E-state index is 0.152. The van der Waals surface area contributed by atoms with E-state index in [4.69, 9.17) is 9.52 Å². The summed E-state index contributed by atoms with van der Waals surface area (Å²) in [5.41, 5.74) is 0. The van der Waals surface area contributed by atoms with E-state index >= 15 is 0 Å². The van der Waals surface area contributed by atoms with Gasteiger partial charge in [-0.15, -0.1) is 0 Å². The molecule has 1 heterocycles. The Kier molecular flexibility index (Phi) is 2.34. The molecule has 0 unspecified atom stereocenters. The summed E-state index contributed by atoms with van der Waals surface area (Å²) in [5.74, 6) is 4.57. The fraction of sp³-hybridized carbons (Fsp3) is 0.125. The molecule has 3 nitrogen and oxygen atoms in total. The summed E-state index contributed by atoms with van der Waals surface area (Å²) in [4.78, 5) is 9.99. The van der Waals surface area contributed by atoms with Gasteiger partial charge in [0.25, 0.3) is 0 Å². The second-order valence-electron chi connectivity index (χ2n) is 1.85. The molecule has 0 aromatic carbocycles. The Labute approximate surface area is 63.6 Å². The summed E-state index contributed by atoms with van der Waals surface area (Å²) in [7, 11) is 0. The summed E-state index contributed by atoms with van der Waals surface area (Å²) in [6.45, 7) is 0. The van der Waals surface area contributed by atoms with E-state index in [1.54, 1.807) is 12.1 Å². The van der Waals surface area contributed by atoms with Crippen LogP contribution in [0.1, 0.15) is 12.2 Å². The Hall–Kier alpha value is -1.69. The normalized spacial score (nSPS) is 8.36. The smallest absolute Gasteiger partial charge is 0.315 e. The number of carbonyl (C=O) groups is 1. The van der Waals surface area contributed by atoms with Gasteiger partial charge in [-0.2, -0.15) is 0 Å². The van der Waals surface area contributed by atoms with Crippen LogP contribution in [-0.2, 0) is 4.79 Å². The lowest BCUT2D eigenvalue weighted by molar-refractivity contribution is -0.135. The van der Waals surface area contributed by atoms with Crippen LogP contribution in [-0.4, -0.2) is 11.1 Å². The quantitative estimate of drug-likeness (QED) is 0.610. The fourth-order valence-corrected chi connectivity index (χ4v) is 0.557. The predicted octanol–water partition coefficient (Wildman–Crippen LogP) is 1.11. The highest BCUT2D eigenvalue weighted by Crippen LogP contribution is 1.95. The van der Waals surface area contributed by atoms with Crippen molar-refractivity contribution in [2.24, 2.45) is 0 Å². The van der Waals surface area contributed by atoms with E-state index in [0.717, 1.165) is 0 Å². The number of carboxylic acid groups (broad SMARTS) is 1. The van der Waals surface area contributed by atoms with Crippen molar-refractivity contribution in [1.29, 1.82) is 0 Å². The van der Waals surface area contributed by atoms with Crippen molar-refractivity contribution >= 4 is 5.97 Å². The van der Waals surface area contributed by atoms with Crippen molar-refractivity contribution in [3.05, 3.63) is 24.2 Å². The van der Waals surface area contributed by atoms with Gasteiger partial charge < -0.3 is 9.52 Å². The molecule has 0 saturated heterocycles. The zero-order valence-electron chi connectivity index (χ0n) is 5.70. The monoisotopic (exact) mass is 150 g/mol. The molecule has 0 aliphatic heterocycles.